The summed E-state index contributed by atoms with van der Waals surface area (Å²) in [6.45, 7) is 1.86. The minimum atomic E-state index is -0.0721. The first-order chi connectivity index (χ1) is 9.25. The Morgan fingerprint density at radius 3 is 2.63 bits per heavy atom. The molecular formula is C15H12N2OS. The number of para-hydroxylation sites is 1. The van der Waals surface area contributed by atoms with Crippen molar-refractivity contribution in [3.8, 4) is 0 Å². The molecule has 2 aromatic rings. The van der Waals surface area contributed by atoms with Crippen LogP contribution < -0.4 is 5.01 Å². The third-order valence-electron chi connectivity index (χ3n) is 2.89. The number of hydrogen-bond acceptors (Lipinski definition) is 3. The normalized spacial score (nSPS) is 17.1. The lowest BCUT2D eigenvalue weighted by molar-refractivity contribution is -0.114. The topological polar surface area (TPSA) is 32.7 Å². The second-order valence-corrected chi connectivity index (χ2v) is 5.19. The predicted molar refractivity (Wildman–Crippen MR) is 79.3 cm³/mol. The summed E-state index contributed by atoms with van der Waals surface area (Å²) >= 11 is 1.61. The first kappa shape index (κ1) is 11.9. The number of nitrogens with zero attached hydrogens (tertiary/aromatic N) is 2. The molecule has 1 aromatic heterocycles. The molecule has 19 heavy (non-hydrogen) atoms. The third kappa shape index (κ3) is 2.22. The van der Waals surface area contributed by atoms with Gasteiger partial charge in [-0.15, -0.1) is 11.3 Å². The minimum absolute atomic E-state index is 0.0721. The molecule has 3 rings (SSSR count). The Labute approximate surface area is 115 Å². The van der Waals surface area contributed by atoms with Crippen LogP contribution in [0, 0.1) is 0 Å². The average Bonchev–Trinajstić information content (AvgIpc) is 3.03. The highest BCUT2D eigenvalue weighted by atomic mass is 32.1. The molecule has 0 bridgehead atoms. The SMILES string of the molecule is CC1=NN(c2ccccc2)C(=O)/C1=C\c1cccs1. The standard InChI is InChI=1S/C15H12N2OS/c1-11-14(10-13-8-5-9-19-13)15(18)17(16-11)12-6-3-2-4-7-12/h2-10H,1H3/b14-10-. The molecule has 0 atom stereocenters. The Morgan fingerprint density at radius 2 is 1.95 bits per heavy atom. The minimum Gasteiger partial charge on any atom is -0.267 e. The first-order valence-corrected chi connectivity index (χ1v) is 6.84. The monoisotopic (exact) mass is 268 g/mol. The van der Waals surface area contributed by atoms with Crippen LogP contribution in [0.5, 0.6) is 0 Å². The smallest absolute Gasteiger partial charge is 0.267 e. The second-order valence-electron chi connectivity index (χ2n) is 4.21. The average molecular weight is 268 g/mol. The zero-order valence-electron chi connectivity index (χ0n) is 10.4. The van der Waals surface area contributed by atoms with Crippen molar-refractivity contribution in [3.63, 3.8) is 0 Å². The van der Waals surface area contributed by atoms with E-state index >= 15 is 0 Å². The second kappa shape index (κ2) is 4.82. The lowest BCUT2D eigenvalue weighted by Crippen LogP contribution is -2.21. The van der Waals surface area contributed by atoms with Crippen molar-refractivity contribution in [1.29, 1.82) is 0 Å². The number of anilines is 1. The van der Waals surface area contributed by atoms with Crippen LogP contribution >= 0.6 is 11.3 Å². The fourth-order valence-electron chi connectivity index (χ4n) is 1.94. The molecule has 1 aromatic carbocycles. The molecule has 0 fully saturated rings. The lowest BCUT2D eigenvalue weighted by atomic mass is 10.1. The Bertz CT molecular complexity index is 657. The van der Waals surface area contributed by atoms with Crippen molar-refractivity contribution in [2.24, 2.45) is 5.10 Å². The van der Waals surface area contributed by atoms with Crippen molar-refractivity contribution >= 4 is 34.7 Å². The van der Waals surface area contributed by atoms with Gasteiger partial charge in [0.2, 0.25) is 0 Å². The summed E-state index contributed by atoms with van der Waals surface area (Å²) in [6.07, 6.45) is 1.90. The fraction of sp³-hybridized carbons (Fsp3) is 0.0667. The molecule has 94 valence electrons. The quantitative estimate of drug-likeness (QED) is 0.767. The van der Waals surface area contributed by atoms with E-state index in [1.54, 1.807) is 11.3 Å². The van der Waals surface area contributed by atoms with Gasteiger partial charge in [-0.2, -0.15) is 10.1 Å². The van der Waals surface area contributed by atoms with E-state index in [4.69, 9.17) is 0 Å². The molecule has 0 spiro atoms. The van der Waals surface area contributed by atoms with Gasteiger partial charge in [0, 0.05) is 4.88 Å². The summed E-state index contributed by atoms with van der Waals surface area (Å²) in [5, 5.41) is 7.78. The molecule has 0 radical (unpaired) electrons. The molecular weight excluding hydrogens is 256 g/mol. The molecule has 1 aliphatic heterocycles. The highest BCUT2D eigenvalue weighted by molar-refractivity contribution is 7.10. The summed E-state index contributed by atoms with van der Waals surface area (Å²) in [6, 6.07) is 13.4. The van der Waals surface area contributed by atoms with Gasteiger partial charge in [-0.3, -0.25) is 4.79 Å². The molecule has 0 saturated heterocycles. The number of rotatable bonds is 2. The van der Waals surface area contributed by atoms with E-state index in [9.17, 15) is 4.79 Å². The molecule has 0 aliphatic carbocycles. The number of hydrogen-bond donors (Lipinski definition) is 0. The van der Waals surface area contributed by atoms with Gasteiger partial charge in [-0.05, 0) is 36.6 Å². The number of amides is 1. The number of benzene rings is 1. The number of thiophene rings is 1. The lowest BCUT2D eigenvalue weighted by Gasteiger charge is -2.10. The Balaban J connectivity index is 1.96. The van der Waals surface area contributed by atoms with Crippen LogP contribution in [0.15, 0.2) is 58.5 Å². The van der Waals surface area contributed by atoms with Gasteiger partial charge in [0.15, 0.2) is 0 Å². The maximum absolute atomic E-state index is 12.4. The first-order valence-electron chi connectivity index (χ1n) is 5.96. The van der Waals surface area contributed by atoms with E-state index in [-0.39, 0.29) is 5.91 Å². The van der Waals surface area contributed by atoms with Crippen molar-refractivity contribution in [3.05, 3.63) is 58.3 Å². The molecule has 1 aliphatic rings. The number of carbonyl (C=O) groups is 1. The summed E-state index contributed by atoms with van der Waals surface area (Å²) < 4.78 is 0. The number of hydrazone groups is 1. The van der Waals surface area contributed by atoms with Crippen molar-refractivity contribution < 1.29 is 4.79 Å². The Morgan fingerprint density at radius 1 is 1.16 bits per heavy atom. The zero-order valence-corrected chi connectivity index (χ0v) is 11.2. The summed E-state index contributed by atoms with van der Waals surface area (Å²) in [5.41, 5.74) is 2.20. The molecule has 1 amide bonds. The zero-order chi connectivity index (χ0) is 13.2. The van der Waals surface area contributed by atoms with Crippen LogP contribution in [0.1, 0.15) is 11.8 Å². The van der Waals surface area contributed by atoms with Crippen LogP contribution in [-0.4, -0.2) is 11.6 Å². The Hall–Kier alpha value is -2.20. The maximum atomic E-state index is 12.4. The molecule has 0 N–H and O–H groups in total. The van der Waals surface area contributed by atoms with E-state index in [0.29, 0.717) is 5.57 Å². The van der Waals surface area contributed by atoms with Gasteiger partial charge in [-0.1, -0.05) is 24.3 Å². The summed E-state index contributed by atoms with van der Waals surface area (Å²) in [7, 11) is 0. The summed E-state index contributed by atoms with van der Waals surface area (Å²) in [5.74, 6) is -0.0721. The van der Waals surface area contributed by atoms with Crippen LogP contribution in [0.2, 0.25) is 0 Å². The van der Waals surface area contributed by atoms with Crippen molar-refractivity contribution in [2.75, 3.05) is 5.01 Å². The molecule has 0 unspecified atom stereocenters. The Kier molecular flexibility index (Phi) is 3.01. The van der Waals surface area contributed by atoms with Gasteiger partial charge in [-0.25, -0.2) is 0 Å². The fourth-order valence-corrected chi connectivity index (χ4v) is 2.60. The van der Waals surface area contributed by atoms with Crippen LogP contribution in [-0.2, 0) is 4.79 Å². The third-order valence-corrected chi connectivity index (χ3v) is 3.71. The van der Waals surface area contributed by atoms with Gasteiger partial charge in [0.25, 0.3) is 5.91 Å². The van der Waals surface area contributed by atoms with E-state index in [1.807, 2.05) is 60.8 Å². The predicted octanol–water partition coefficient (Wildman–Crippen LogP) is 3.55. The van der Waals surface area contributed by atoms with Crippen LogP contribution in [0.4, 0.5) is 5.69 Å². The van der Waals surface area contributed by atoms with Gasteiger partial charge in [0.05, 0.1) is 17.0 Å². The van der Waals surface area contributed by atoms with E-state index in [1.165, 1.54) is 5.01 Å². The number of carbonyl (C=O) groups excluding carboxylic acids is 1. The van der Waals surface area contributed by atoms with Crippen molar-refractivity contribution in [2.45, 2.75) is 6.92 Å². The van der Waals surface area contributed by atoms with E-state index in [2.05, 4.69) is 5.10 Å². The summed E-state index contributed by atoms with van der Waals surface area (Å²) in [4.78, 5) is 13.5. The van der Waals surface area contributed by atoms with E-state index < -0.39 is 0 Å². The van der Waals surface area contributed by atoms with Gasteiger partial charge < -0.3 is 0 Å². The highest BCUT2D eigenvalue weighted by Crippen LogP contribution is 2.25. The molecule has 0 saturated carbocycles. The highest BCUT2D eigenvalue weighted by Gasteiger charge is 2.28. The van der Waals surface area contributed by atoms with Crippen LogP contribution in [0.3, 0.4) is 0 Å². The van der Waals surface area contributed by atoms with Crippen molar-refractivity contribution in [1.82, 2.24) is 0 Å². The maximum Gasteiger partial charge on any atom is 0.280 e. The molecule has 2 heterocycles. The van der Waals surface area contributed by atoms with Gasteiger partial charge >= 0.3 is 0 Å². The largest absolute Gasteiger partial charge is 0.280 e. The molecule has 3 nitrogen and oxygen atoms in total. The van der Waals surface area contributed by atoms with Gasteiger partial charge in [0.1, 0.15) is 0 Å². The van der Waals surface area contributed by atoms with E-state index in [0.717, 1.165) is 16.3 Å². The molecule has 4 heteroatoms. The van der Waals surface area contributed by atoms with Crippen LogP contribution in [0.25, 0.3) is 6.08 Å².